The van der Waals surface area contributed by atoms with Gasteiger partial charge in [-0.1, -0.05) is 0 Å². The topological polar surface area (TPSA) is 48.4 Å². The van der Waals surface area contributed by atoms with Gasteiger partial charge in [-0.15, -0.1) is 0 Å². The molecule has 0 amide bonds. The fourth-order valence-electron chi connectivity index (χ4n) is 2.20. The lowest BCUT2D eigenvalue weighted by Gasteiger charge is -2.27. The Morgan fingerprint density at radius 3 is 1.90 bits per heavy atom. The molecule has 1 atom stereocenters. The summed E-state index contributed by atoms with van der Waals surface area (Å²) in [6.07, 6.45) is 0.774. The van der Waals surface area contributed by atoms with Gasteiger partial charge < -0.3 is 24.4 Å². The second-order valence-corrected chi connectivity index (χ2v) is 5.86. The summed E-state index contributed by atoms with van der Waals surface area (Å²) in [6.45, 7) is 6.43. The molecule has 6 heteroatoms. The third kappa shape index (κ3) is 13.2. The molecule has 0 aliphatic rings. The van der Waals surface area contributed by atoms with Crippen LogP contribution in [0.1, 0.15) is 6.42 Å². The highest BCUT2D eigenvalue weighted by molar-refractivity contribution is 4.68. The molecule has 0 unspecified atom stereocenters. The highest BCUT2D eigenvalue weighted by Gasteiger charge is 2.13. The van der Waals surface area contributed by atoms with Crippen LogP contribution in [0.15, 0.2) is 0 Å². The normalized spacial score (nSPS) is 13.6. The number of ether oxygens (including phenoxy) is 2. The van der Waals surface area contributed by atoms with Crippen LogP contribution in [-0.2, 0) is 9.47 Å². The minimum absolute atomic E-state index is 0.344. The van der Waals surface area contributed by atoms with E-state index in [1.165, 1.54) is 0 Å². The molecule has 0 saturated carbocycles. The van der Waals surface area contributed by atoms with Crippen molar-refractivity contribution in [1.82, 2.24) is 14.7 Å². The Morgan fingerprint density at radius 1 is 0.857 bits per heavy atom. The summed E-state index contributed by atoms with van der Waals surface area (Å²) in [6, 6.07) is 0. The number of likely N-dealkylation sites (N-methyl/N-ethyl adjacent to an activating group) is 1. The van der Waals surface area contributed by atoms with Crippen molar-refractivity contribution in [3.63, 3.8) is 0 Å². The highest BCUT2D eigenvalue weighted by atomic mass is 16.5. The molecule has 0 aromatic rings. The van der Waals surface area contributed by atoms with Crippen molar-refractivity contribution in [1.29, 1.82) is 0 Å². The fraction of sp³-hybridized carbons (Fsp3) is 1.00. The molecule has 0 saturated heterocycles. The second kappa shape index (κ2) is 13.4. The molecule has 128 valence electrons. The summed E-state index contributed by atoms with van der Waals surface area (Å²) in [4.78, 5) is 6.56. The van der Waals surface area contributed by atoms with Crippen molar-refractivity contribution in [2.24, 2.45) is 0 Å². The lowest BCUT2D eigenvalue weighted by atomic mass is 10.2. The van der Waals surface area contributed by atoms with E-state index in [0.29, 0.717) is 26.3 Å². The van der Waals surface area contributed by atoms with Gasteiger partial charge in [-0.2, -0.15) is 0 Å². The molecule has 0 radical (unpaired) electrons. The van der Waals surface area contributed by atoms with E-state index in [1.54, 1.807) is 14.2 Å². The second-order valence-electron chi connectivity index (χ2n) is 5.86. The first-order valence-electron chi connectivity index (χ1n) is 7.71. The quantitative estimate of drug-likeness (QED) is 0.481. The molecule has 0 aliphatic carbocycles. The number of hydrogen-bond donors (Lipinski definition) is 1. The van der Waals surface area contributed by atoms with Gasteiger partial charge >= 0.3 is 0 Å². The number of hydrogen-bond acceptors (Lipinski definition) is 6. The van der Waals surface area contributed by atoms with Gasteiger partial charge in [0.25, 0.3) is 0 Å². The average Bonchev–Trinajstić information content (AvgIpc) is 2.41. The fourth-order valence-corrected chi connectivity index (χ4v) is 2.20. The van der Waals surface area contributed by atoms with Crippen LogP contribution < -0.4 is 0 Å². The summed E-state index contributed by atoms with van der Waals surface area (Å²) < 4.78 is 10.2. The molecule has 0 aromatic carbocycles. The third-order valence-electron chi connectivity index (χ3n) is 3.36. The van der Waals surface area contributed by atoms with Gasteiger partial charge in [-0.3, -0.25) is 4.90 Å². The Kier molecular flexibility index (Phi) is 13.3. The summed E-state index contributed by atoms with van der Waals surface area (Å²) in [5.74, 6) is 0. The van der Waals surface area contributed by atoms with E-state index in [1.807, 2.05) is 0 Å². The van der Waals surface area contributed by atoms with E-state index in [0.717, 1.165) is 32.6 Å². The van der Waals surface area contributed by atoms with Gasteiger partial charge in [0, 0.05) is 40.4 Å². The van der Waals surface area contributed by atoms with E-state index in [2.05, 4.69) is 35.8 Å². The number of methoxy groups -OCH3 is 2. The summed E-state index contributed by atoms with van der Waals surface area (Å²) in [5, 5.41) is 10.2. The van der Waals surface area contributed by atoms with E-state index >= 15 is 0 Å². The van der Waals surface area contributed by atoms with Crippen LogP contribution in [-0.4, -0.2) is 114 Å². The van der Waals surface area contributed by atoms with E-state index in [4.69, 9.17) is 9.47 Å². The smallest absolute Gasteiger partial charge is 0.0793 e. The van der Waals surface area contributed by atoms with Gasteiger partial charge in [-0.05, 0) is 40.7 Å². The van der Waals surface area contributed by atoms with Crippen LogP contribution in [0.5, 0.6) is 0 Å². The first kappa shape index (κ1) is 20.8. The number of aliphatic hydroxyl groups is 1. The number of rotatable bonds is 14. The average molecular weight is 305 g/mol. The Morgan fingerprint density at radius 2 is 1.43 bits per heavy atom. The maximum atomic E-state index is 10.2. The van der Waals surface area contributed by atoms with Gasteiger partial charge in [0.1, 0.15) is 0 Å². The third-order valence-corrected chi connectivity index (χ3v) is 3.36. The van der Waals surface area contributed by atoms with E-state index in [9.17, 15) is 5.11 Å². The molecule has 0 aliphatic heterocycles. The monoisotopic (exact) mass is 305 g/mol. The molecule has 6 nitrogen and oxygen atoms in total. The van der Waals surface area contributed by atoms with Crippen LogP contribution in [0.2, 0.25) is 0 Å². The zero-order chi connectivity index (χ0) is 16.1. The van der Waals surface area contributed by atoms with Gasteiger partial charge in [0.15, 0.2) is 0 Å². The molecular formula is C15H35N3O3. The molecule has 0 aromatic heterocycles. The molecule has 21 heavy (non-hydrogen) atoms. The minimum atomic E-state index is -0.344. The molecule has 0 spiro atoms. The molecule has 0 fully saturated rings. The number of nitrogens with zero attached hydrogens (tertiary/aromatic N) is 3. The Hall–Kier alpha value is -0.240. The van der Waals surface area contributed by atoms with Crippen LogP contribution in [0.25, 0.3) is 0 Å². The van der Waals surface area contributed by atoms with Gasteiger partial charge in [0.05, 0.1) is 19.3 Å². The van der Waals surface area contributed by atoms with Crippen molar-refractivity contribution in [2.45, 2.75) is 12.5 Å². The van der Waals surface area contributed by atoms with Crippen molar-refractivity contribution in [3.8, 4) is 0 Å². The standard InChI is InChI=1S/C15H35N3O3/c1-16(2)7-6-8-17(3)13-15(19)14-18(9-11-20-4)10-12-21-5/h15,19H,6-14H2,1-5H3/t15-/m1/s1. The predicted molar refractivity (Wildman–Crippen MR) is 86.9 cm³/mol. The van der Waals surface area contributed by atoms with Crippen molar-refractivity contribution < 1.29 is 14.6 Å². The van der Waals surface area contributed by atoms with Crippen molar-refractivity contribution in [2.75, 3.05) is 87.8 Å². The van der Waals surface area contributed by atoms with Gasteiger partial charge in [0.2, 0.25) is 0 Å². The van der Waals surface area contributed by atoms with Crippen molar-refractivity contribution >= 4 is 0 Å². The summed E-state index contributed by atoms with van der Waals surface area (Å²) in [5.41, 5.74) is 0. The summed E-state index contributed by atoms with van der Waals surface area (Å²) in [7, 11) is 9.62. The van der Waals surface area contributed by atoms with Gasteiger partial charge in [-0.25, -0.2) is 0 Å². The van der Waals surface area contributed by atoms with Crippen LogP contribution in [0.4, 0.5) is 0 Å². The SMILES string of the molecule is COCCN(CCOC)C[C@H](O)CN(C)CCCN(C)C. The predicted octanol–water partition coefficient (Wildman–Crippen LogP) is -0.174. The largest absolute Gasteiger partial charge is 0.390 e. The summed E-state index contributed by atoms with van der Waals surface area (Å²) >= 11 is 0. The minimum Gasteiger partial charge on any atom is -0.390 e. The first-order valence-corrected chi connectivity index (χ1v) is 7.71. The lowest BCUT2D eigenvalue weighted by molar-refractivity contribution is 0.0543. The van der Waals surface area contributed by atoms with Crippen LogP contribution >= 0.6 is 0 Å². The van der Waals surface area contributed by atoms with Crippen molar-refractivity contribution in [3.05, 3.63) is 0 Å². The highest BCUT2D eigenvalue weighted by Crippen LogP contribution is 1.98. The molecule has 0 bridgehead atoms. The molecule has 0 rings (SSSR count). The van der Waals surface area contributed by atoms with E-state index in [-0.39, 0.29) is 6.10 Å². The number of aliphatic hydroxyl groups excluding tert-OH is 1. The molecular weight excluding hydrogens is 270 g/mol. The lowest BCUT2D eigenvalue weighted by Crippen LogP contribution is -2.42. The van der Waals surface area contributed by atoms with Crippen LogP contribution in [0.3, 0.4) is 0 Å². The maximum Gasteiger partial charge on any atom is 0.0793 e. The first-order chi connectivity index (χ1) is 9.99. The zero-order valence-corrected chi connectivity index (χ0v) is 14.5. The molecule has 0 heterocycles. The Labute approximate surface area is 130 Å². The maximum absolute atomic E-state index is 10.2. The van der Waals surface area contributed by atoms with E-state index < -0.39 is 0 Å². The molecule has 1 N–H and O–H groups in total. The zero-order valence-electron chi connectivity index (χ0n) is 14.5. The van der Waals surface area contributed by atoms with Crippen LogP contribution in [0, 0.1) is 0 Å². The Bertz CT molecular complexity index is 222. The Balaban J connectivity index is 3.95.